The van der Waals surface area contributed by atoms with Gasteiger partial charge in [0.25, 0.3) is 0 Å². The molecule has 4 heteroatoms. The van der Waals surface area contributed by atoms with Crippen LogP contribution in [-0.2, 0) is 0 Å². The predicted molar refractivity (Wildman–Crippen MR) is 82.8 cm³/mol. The smallest absolute Gasteiger partial charge is 0.245 e. The number of H-pyrrole nitrogens is 1. The van der Waals surface area contributed by atoms with Gasteiger partial charge in [0, 0.05) is 18.0 Å². The van der Waals surface area contributed by atoms with E-state index in [2.05, 4.69) is 21.0 Å². The zero-order valence-electron chi connectivity index (χ0n) is 11.5. The van der Waals surface area contributed by atoms with E-state index in [4.69, 9.17) is 4.42 Å². The first kappa shape index (κ1) is 11.9. The van der Waals surface area contributed by atoms with Gasteiger partial charge in [0.15, 0.2) is 0 Å². The molecule has 0 saturated heterocycles. The zero-order valence-corrected chi connectivity index (χ0v) is 11.5. The Kier molecular flexibility index (Phi) is 2.60. The fourth-order valence-electron chi connectivity index (χ4n) is 2.50. The molecule has 0 atom stereocenters. The van der Waals surface area contributed by atoms with Gasteiger partial charge in [-0.1, -0.05) is 30.3 Å². The standard InChI is InChI=1S/C17H13N3O/c1-18-16-12-7-3-5-9-14(12)20-17(21-16)15-10-11-6-2-4-8-13(11)19-15/h2-10,19H,1H3. The fraction of sp³-hybridized carbons (Fsp3) is 0.0588. The molecule has 2 aromatic carbocycles. The van der Waals surface area contributed by atoms with Crippen LogP contribution in [0.5, 0.6) is 0 Å². The van der Waals surface area contributed by atoms with Crippen molar-refractivity contribution in [1.29, 1.82) is 0 Å². The highest BCUT2D eigenvalue weighted by Gasteiger charge is 2.09. The Balaban J connectivity index is 2.02. The van der Waals surface area contributed by atoms with Gasteiger partial charge < -0.3 is 9.40 Å². The number of fused-ring (bicyclic) bond motifs is 2. The molecule has 4 rings (SSSR count). The van der Waals surface area contributed by atoms with E-state index in [0.717, 1.165) is 27.5 Å². The van der Waals surface area contributed by atoms with Crippen molar-refractivity contribution < 1.29 is 4.42 Å². The van der Waals surface area contributed by atoms with E-state index in [1.54, 1.807) is 7.05 Å². The molecule has 1 N–H and O–H groups in total. The highest BCUT2D eigenvalue weighted by Crippen LogP contribution is 2.23. The first-order valence-corrected chi connectivity index (χ1v) is 6.76. The van der Waals surface area contributed by atoms with Crippen LogP contribution in [0.1, 0.15) is 0 Å². The monoisotopic (exact) mass is 275 g/mol. The van der Waals surface area contributed by atoms with E-state index in [1.165, 1.54) is 0 Å². The summed E-state index contributed by atoms with van der Waals surface area (Å²) in [5.74, 6) is 0.547. The van der Waals surface area contributed by atoms with Crippen molar-refractivity contribution in [2.45, 2.75) is 0 Å². The molecule has 0 unspecified atom stereocenters. The number of nitrogens with zero attached hydrogens (tertiary/aromatic N) is 2. The first-order valence-electron chi connectivity index (χ1n) is 6.76. The van der Waals surface area contributed by atoms with E-state index >= 15 is 0 Å². The van der Waals surface area contributed by atoms with Crippen LogP contribution >= 0.6 is 0 Å². The maximum atomic E-state index is 5.85. The van der Waals surface area contributed by atoms with E-state index in [1.807, 2.05) is 48.5 Å². The van der Waals surface area contributed by atoms with Gasteiger partial charge in [-0.05, 0) is 24.3 Å². The van der Waals surface area contributed by atoms with Crippen molar-refractivity contribution in [2.75, 3.05) is 7.05 Å². The van der Waals surface area contributed by atoms with Gasteiger partial charge in [-0.25, -0.2) is 4.98 Å². The number of nitrogens with one attached hydrogen (secondary N) is 1. The Hall–Kier alpha value is -2.88. The molecule has 0 radical (unpaired) electrons. The largest absolute Gasteiger partial charge is 0.418 e. The molecular weight excluding hydrogens is 262 g/mol. The molecule has 0 fully saturated rings. The first-order chi connectivity index (χ1) is 10.3. The van der Waals surface area contributed by atoms with Gasteiger partial charge in [0.1, 0.15) is 5.69 Å². The minimum Gasteiger partial charge on any atom is -0.418 e. The number of benzene rings is 2. The molecule has 4 aromatic rings. The second-order valence-electron chi connectivity index (χ2n) is 4.84. The third kappa shape index (κ3) is 1.92. The quantitative estimate of drug-likeness (QED) is 0.578. The molecular formula is C17H13N3O. The lowest BCUT2D eigenvalue weighted by atomic mass is 10.2. The Bertz CT molecular complexity index is 978. The topological polar surface area (TPSA) is 54.2 Å². The normalized spacial score (nSPS) is 12.3. The van der Waals surface area contributed by atoms with Crippen molar-refractivity contribution in [3.05, 3.63) is 60.2 Å². The summed E-state index contributed by atoms with van der Waals surface area (Å²) in [5.41, 5.74) is 3.38. The van der Waals surface area contributed by atoms with Crippen molar-refractivity contribution in [3.8, 4) is 11.6 Å². The summed E-state index contributed by atoms with van der Waals surface area (Å²) in [7, 11) is 1.72. The molecule has 0 amide bonds. The molecule has 2 aromatic heterocycles. The molecule has 0 aliphatic heterocycles. The maximum absolute atomic E-state index is 5.85. The Morgan fingerprint density at radius 1 is 1.05 bits per heavy atom. The average Bonchev–Trinajstić information content (AvgIpc) is 2.98. The van der Waals surface area contributed by atoms with Gasteiger partial charge in [0.2, 0.25) is 11.4 Å². The Morgan fingerprint density at radius 3 is 2.71 bits per heavy atom. The summed E-state index contributed by atoms with van der Waals surface area (Å²) in [4.78, 5) is 12.1. The number of hydrogen-bond donors (Lipinski definition) is 1. The van der Waals surface area contributed by atoms with Crippen LogP contribution in [0.3, 0.4) is 0 Å². The van der Waals surface area contributed by atoms with Crippen LogP contribution < -0.4 is 5.55 Å². The molecule has 0 spiro atoms. The van der Waals surface area contributed by atoms with E-state index in [9.17, 15) is 0 Å². The van der Waals surface area contributed by atoms with Crippen LogP contribution in [0.15, 0.2) is 64.0 Å². The number of aromatic nitrogens is 2. The van der Waals surface area contributed by atoms with Crippen LogP contribution in [0, 0.1) is 0 Å². The minimum absolute atomic E-state index is 0.547. The Labute approximate surface area is 120 Å². The van der Waals surface area contributed by atoms with Gasteiger partial charge in [-0.3, -0.25) is 4.99 Å². The van der Waals surface area contributed by atoms with Gasteiger partial charge in [0.05, 0.1) is 10.9 Å². The Morgan fingerprint density at radius 2 is 1.86 bits per heavy atom. The molecule has 4 nitrogen and oxygen atoms in total. The predicted octanol–water partition coefficient (Wildman–Crippen LogP) is 3.51. The highest BCUT2D eigenvalue weighted by atomic mass is 16.3. The van der Waals surface area contributed by atoms with E-state index < -0.39 is 0 Å². The highest BCUT2D eigenvalue weighted by molar-refractivity contribution is 5.85. The molecule has 0 bridgehead atoms. The van der Waals surface area contributed by atoms with Crippen molar-refractivity contribution in [2.24, 2.45) is 4.99 Å². The van der Waals surface area contributed by atoms with Crippen molar-refractivity contribution in [3.63, 3.8) is 0 Å². The van der Waals surface area contributed by atoms with E-state index in [0.29, 0.717) is 11.4 Å². The molecule has 0 aliphatic carbocycles. The van der Waals surface area contributed by atoms with Crippen molar-refractivity contribution in [1.82, 2.24) is 9.97 Å². The lowest BCUT2D eigenvalue weighted by molar-refractivity contribution is 0.500. The zero-order chi connectivity index (χ0) is 14.2. The van der Waals surface area contributed by atoms with Crippen LogP contribution in [0.4, 0.5) is 0 Å². The van der Waals surface area contributed by atoms with Crippen LogP contribution in [-0.4, -0.2) is 17.0 Å². The summed E-state index contributed by atoms with van der Waals surface area (Å²) in [5, 5.41) is 2.05. The second kappa shape index (κ2) is 4.59. The van der Waals surface area contributed by atoms with Gasteiger partial charge in [-0.15, -0.1) is 0 Å². The second-order valence-corrected chi connectivity index (χ2v) is 4.84. The van der Waals surface area contributed by atoms with Crippen molar-refractivity contribution >= 4 is 21.8 Å². The fourth-order valence-corrected chi connectivity index (χ4v) is 2.50. The lowest BCUT2D eigenvalue weighted by Gasteiger charge is -2.01. The maximum Gasteiger partial charge on any atom is 0.245 e. The van der Waals surface area contributed by atoms with Crippen LogP contribution in [0.2, 0.25) is 0 Å². The third-order valence-electron chi connectivity index (χ3n) is 3.51. The molecule has 0 saturated carbocycles. The third-order valence-corrected chi connectivity index (χ3v) is 3.51. The average molecular weight is 275 g/mol. The summed E-state index contributed by atoms with van der Waals surface area (Å²) in [6, 6.07) is 18.0. The summed E-state index contributed by atoms with van der Waals surface area (Å²) < 4.78 is 5.85. The summed E-state index contributed by atoms with van der Waals surface area (Å²) in [6.07, 6.45) is 0. The van der Waals surface area contributed by atoms with Crippen LogP contribution in [0.25, 0.3) is 33.4 Å². The molecule has 2 heterocycles. The number of rotatable bonds is 1. The molecule has 102 valence electrons. The number of hydrogen-bond acceptors (Lipinski definition) is 3. The molecule has 0 aliphatic rings. The van der Waals surface area contributed by atoms with Gasteiger partial charge in [-0.2, -0.15) is 0 Å². The number of para-hydroxylation sites is 2. The van der Waals surface area contributed by atoms with E-state index in [-0.39, 0.29) is 0 Å². The minimum atomic E-state index is 0.547. The summed E-state index contributed by atoms with van der Waals surface area (Å²) in [6.45, 7) is 0. The lowest BCUT2D eigenvalue weighted by Crippen LogP contribution is -2.05. The van der Waals surface area contributed by atoms with Gasteiger partial charge >= 0.3 is 0 Å². The number of aromatic amines is 1. The molecule has 21 heavy (non-hydrogen) atoms. The summed E-state index contributed by atoms with van der Waals surface area (Å²) >= 11 is 0. The SMILES string of the molecule is CN=c1oc(-c2cc3ccccc3[nH]2)nc2ccccc12.